The van der Waals surface area contributed by atoms with Crippen molar-refractivity contribution < 1.29 is 0 Å². The Morgan fingerprint density at radius 2 is 1.75 bits per heavy atom. The summed E-state index contributed by atoms with van der Waals surface area (Å²) in [5, 5.41) is 1.31. The summed E-state index contributed by atoms with van der Waals surface area (Å²) in [7, 11) is 0. The molecule has 1 aromatic heterocycles. The van der Waals surface area contributed by atoms with E-state index in [2.05, 4.69) is 37.3 Å². The summed E-state index contributed by atoms with van der Waals surface area (Å²) in [6, 6.07) is 4.39. The minimum absolute atomic E-state index is 1.14. The lowest BCUT2D eigenvalue weighted by atomic mass is 10.1. The largest absolute Gasteiger partial charge is 0.192 e. The molecule has 0 fully saturated rings. The lowest BCUT2D eigenvalue weighted by Crippen LogP contribution is -1.80. The highest BCUT2D eigenvalue weighted by Crippen LogP contribution is 2.24. The molecular formula is C10H11NS. The number of nitrogens with zero attached hydrogens (tertiary/aromatic N) is 1. The van der Waals surface area contributed by atoms with E-state index in [0.717, 1.165) is 5.52 Å². The number of aromatic nitrogens is 1. The molecule has 2 heteroatoms. The zero-order valence-corrected chi connectivity index (χ0v) is 8.33. The molecular weight excluding hydrogens is 166 g/mol. The molecule has 0 saturated carbocycles. The number of benzene rings is 1. The Kier molecular flexibility index (Phi) is 1.65. The van der Waals surface area contributed by atoms with Crippen molar-refractivity contribution in [1.29, 1.82) is 0 Å². The molecule has 62 valence electrons. The second-order valence-electron chi connectivity index (χ2n) is 3.19. The molecule has 0 aliphatic carbocycles. The Morgan fingerprint density at radius 1 is 1.08 bits per heavy atom. The zero-order valence-electron chi connectivity index (χ0n) is 7.51. The van der Waals surface area contributed by atoms with Crippen LogP contribution < -0.4 is 0 Å². The van der Waals surface area contributed by atoms with E-state index < -0.39 is 0 Å². The Balaban J connectivity index is 2.87. The maximum atomic E-state index is 4.36. The van der Waals surface area contributed by atoms with Gasteiger partial charge in [-0.3, -0.25) is 0 Å². The van der Waals surface area contributed by atoms with Crippen molar-refractivity contribution in [1.82, 2.24) is 4.37 Å². The molecule has 0 saturated heterocycles. The Morgan fingerprint density at radius 3 is 2.50 bits per heavy atom. The van der Waals surface area contributed by atoms with Crippen LogP contribution in [0, 0.1) is 20.8 Å². The van der Waals surface area contributed by atoms with Crippen LogP contribution in [0.1, 0.15) is 16.0 Å². The van der Waals surface area contributed by atoms with Crippen molar-refractivity contribution in [2.24, 2.45) is 0 Å². The van der Waals surface area contributed by atoms with Gasteiger partial charge in [0.2, 0.25) is 0 Å². The number of rotatable bonds is 0. The molecule has 0 bridgehead atoms. The van der Waals surface area contributed by atoms with Crippen LogP contribution in [0.3, 0.4) is 0 Å². The minimum Gasteiger partial charge on any atom is -0.192 e. The summed E-state index contributed by atoms with van der Waals surface area (Å²) >= 11 is 1.59. The van der Waals surface area contributed by atoms with E-state index in [1.165, 1.54) is 21.4 Å². The number of hydrogen-bond acceptors (Lipinski definition) is 2. The van der Waals surface area contributed by atoms with Gasteiger partial charge in [0.25, 0.3) is 0 Å². The molecule has 0 N–H and O–H groups in total. The SMILES string of the molecule is Cc1cc2nsc(C)c2cc1C. The van der Waals surface area contributed by atoms with E-state index in [9.17, 15) is 0 Å². The zero-order chi connectivity index (χ0) is 8.72. The summed E-state index contributed by atoms with van der Waals surface area (Å²) in [5.74, 6) is 0. The lowest BCUT2D eigenvalue weighted by Gasteiger charge is -1.98. The first kappa shape index (κ1) is 7.74. The third kappa shape index (κ3) is 1.03. The van der Waals surface area contributed by atoms with E-state index in [0.29, 0.717) is 0 Å². The summed E-state index contributed by atoms with van der Waals surface area (Å²) in [5.41, 5.74) is 3.82. The van der Waals surface area contributed by atoms with Crippen molar-refractivity contribution >= 4 is 22.4 Å². The van der Waals surface area contributed by atoms with E-state index in [4.69, 9.17) is 0 Å². The van der Waals surface area contributed by atoms with E-state index in [1.54, 1.807) is 11.5 Å². The summed E-state index contributed by atoms with van der Waals surface area (Å²) < 4.78 is 4.36. The molecule has 1 nitrogen and oxygen atoms in total. The molecule has 0 aliphatic rings. The van der Waals surface area contributed by atoms with Gasteiger partial charge in [-0.05, 0) is 55.6 Å². The minimum atomic E-state index is 1.14. The average Bonchev–Trinajstić information content (AvgIpc) is 2.35. The van der Waals surface area contributed by atoms with Crippen LogP contribution in [-0.4, -0.2) is 4.37 Å². The van der Waals surface area contributed by atoms with E-state index in [1.807, 2.05) is 0 Å². The van der Waals surface area contributed by atoms with Gasteiger partial charge in [0.05, 0.1) is 5.52 Å². The highest BCUT2D eigenvalue weighted by atomic mass is 32.1. The molecule has 0 atom stereocenters. The molecule has 2 aromatic rings. The number of aryl methyl sites for hydroxylation is 3. The van der Waals surface area contributed by atoms with Gasteiger partial charge >= 0.3 is 0 Å². The first-order chi connectivity index (χ1) is 5.68. The third-order valence-electron chi connectivity index (χ3n) is 2.27. The van der Waals surface area contributed by atoms with Crippen LogP contribution in [-0.2, 0) is 0 Å². The predicted molar refractivity (Wildman–Crippen MR) is 53.8 cm³/mol. The van der Waals surface area contributed by atoms with E-state index in [-0.39, 0.29) is 0 Å². The van der Waals surface area contributed by atoms with Gasteiger partial charge in [-0.2, -0.15) is 4.37 Å². The fraction of sp³-hybridized carbons (Fsp3) is 0.300. The van der Waals surface area contributed by atoms with Crippen molar-refractivity contribution in [3.05, 3.63) is 28.1 Å². The third-order valence-corrected chi connectivity index (χ3v) is 3.05. The van der Waals surface area contributed by atoms with Crippen LogP contribution >= 0.6 is 11.5 Å². The monoisotopic (exact) mass is 177 g/mol. The van der Waals surface area contributed by atoms with Crippen LogP contribution in [0.15, 0.2) is 12.1 Å². The Bertz CT molecular complexity index is 429. The molecule has 12 heavy (non-hydrogen) atoms. The maximum Gasteiger partial charge on any atom is 0.0846 e. The maximum absolute atomic E-state index is 4.36. The van der Waals surface area contributed by atoms with Gasteiger partial charge in [-0.15, -0.1) is 0 Å². The first-order valence-electron chi connectivity index (χ1n) is 4.02. The van der Waals surface area contributed by atoms with Crippen LogP contribution in [0.2, 0.25) is 0 Å². The van der Waals surface area contributed by atoms with Gasteiger partial charge in [0.15, 0.2) is 0 Å². The van der Waals surface area contributed by atoms with Crippen LogP contribution in [0.25, 0.3) is 10.9 Å². The van der Waals surface area contributed by atoms with Crippen LogP contribution in [0.4, 0.5) is 0 Å². The topological polar surface area (TPSA) is 12.9 Å². The lowest BCUT2D eigenvalue weighted by molar-refractivity contribution is 1.36. The fourth-order valence-electron chi connectivity index (χ4n) is 1.33. The second-order valence-corrected chi connectivity index (χ2v) is 4.17. The van der Waals surface area contributed by atoms with Crippen molar-refractivity contribution in [3.8, 4) is 0 Å². The molecule has 0 aliphatic heterocycles. The summed E-state index contributed by atoms with van der Waals surface area (Å²) in [6.45, 7) is 6.39. The Labute approximate surface area is 76.2 Å². The highest BCUT2D eigenvalue weighted by Gasteiger charge is 2.03. The van der Waals surface area contributed by atoms with Gasteiger partial charge in [0.1, 0.15) is 0 Å². The molecule has 0 spiro atoms. The standard InChI is InChI=1S/C10H11NS/c1-6-4-9-8(3)12-11-10(9)5-7(6)2/h4-5H,1-3H3. The van der Waals surface area contributed by atoms with Crippen molar-refractivity contribution in [2.75, 3.05) is 0 Å². The second kappa shape index (κ2) is 2.56. The quantitative estimate of drug-likeness (QED) is 0.602. The smallest absolute Gasteiger partial charge is 0.0846 e. The van der Waals surface area contributed by atoms with Gasteiger partial charge in [-0.25, -0.2) is 0 Å². The van der Waals surface area contributed by atoms with Crippen molar-refractivity contribution in [2.45, 2.75) is 20.8 Å². The molecule has 1 aromatic carbocycles. The molecule has 0 amide bonds. The average molecular weight is 177 g/mol. The molecule has 1 heterocycles. The number of hydrogen-bond donors (Lipinski definition) is 0. The molecule has 2 rings (SSSR count). The predicted octanol–water partition coefficient (Wildman–Crippen LogP) is 3.22. The number of fused-ring (bicyclic) bond motifs is 1. The summed E-state index contributed by atoms with van der Waals surface area (Å²) in [4.78, 5) is 1.31. The highest BCUT2D eigenvalue weighted by molar-refractivity contribution is 7.07. The molecule has 0 radical (unpaired) electrons. The molecule has 0 unspecified atom stereocenters. The normalized spacial score (nSPS) is 10.9. The Hall–Kier alpha value is -0.890. The fourth-order valence-corrected chi connectivity index (χ4v) is 1.97. The van der Waals surface area contributed by atoms with Crippen LogP contribution in [0.5, 0.6) is 0 Å². The van der Waals surface area contributed by atoms with Crippen molar-refractivity contribution in [3.63, 3.8) is 0 Å². The van der Waals surface area contributed by atoms with E-state index >= 15 is 0 Å². The van der Waals surface area contributed by atoms with Gasteiger partial charge < -0.3 is 0 Å². The first-order valence-corrected chi connectivity index (χ1v) is 4.79. The van der Waals surface area contributed by atoms with Gasteiger partial charge in [0, 0.05) is 10.3 Å². The van der Waals surface area contributed by atoms with Gasteiger partial charge in [-0.1, -0.05) is 0 Å². The summed E-state index contributed by atoms with van der Waals surface area (Å²) in [6.07, 6.45) is 0.